The third-order valence-corrected chi connectivity index (χ3v) is 4.98. The van der Waals surface area contributed by atoms with Gasteiger partial charge in [0.25, 0.3) is 10.1 Å². The second-order valence-corrected chi connectivity index (χ2v) is 7.80. The van der Waals surface area contributed by atoms with Gasteiger partial charge in [0.15, 0.2) is 0 Å². The molecule has 7 heteroatoms. The molecule has 1 N–H and O–H groups in total. The van der Waals surface area contributed by atoms with Gasteiger partial charge >= 0.3 is 29.6 Å². The van der Waals surface area contributed by atoms with Crippen LogP contribution in [0.2, 0.25) is 0 Å². The van der Waals surface area contributed by atoms with Gasteiger partial charge in [-0.1, -0.05) is 45.1 Å². The first-order valence-corrected chi connectivity index (χ1v) is 10.4. The molecule has 0 aliphatic carbocycles. The van der Waals surface area contributed by atoms with Crippen molar-refractivity contribution < 1.29 is 52.4 Å². The summed E-state index contributed by atoms with van der Waals surface area (Å²) in [5.74, 6) is 0.713. The van der Waals surface area contributed by atoms with Gasteiger partial charge in [-0.25, -0.2) is 0 Å². The van der Waals surface area contributed by atoms with Crippen LogP contribution in [0.1, 0.15) is 51.0 Å². The quantitative estimate of drug-likeness (QED) is 0.373. The number of hydrogen-bond donors (Lipinski definition) is 1. The molecule has 0 radical (unpaired) electrons. The number of unbranched alkanes of at least 4 members (excludes halogenated alkanes) is 5. The Bertz CT molecular complexity index is 804. The zero-order valence-electron chi connectivity index (χ0n) is 16.0. The Morgan fingerprint density at radius 3 is 2.19 bits per heavy atom. The van der Waals surface area contributed by atoms with Crippen LogP contribution in [0, 0.1) is 0 Å². The number of hydrogen-bond acceptors (Lipinski definition) is 4. The normalized spacial score (nSPS) is 11.0. The summed E-state index contributed by atoms with van der Waals surface area (Å²) in [5, 5.41) is 11.9. The molecule has 0 aliphatic heterocycles. The first kappa shape index (κ1) is 24.0. The molecule has 2 rings (SSSR count). The van der Waals surface area contributed by atoms with E-state index in [9.17, 15) is 13.5 Å². The monoisotopic (exact) mass is 400 g/mol. The van der Waals surface area contributed by atoms with Crippen LogP contribution in [0.15, 0.2) is 47.4 Å². The molecule has 2 aromatic carbocycles. The van der Waals surface area contributed by atoms with Crippen molar-refractivity contribution in [3.05, 3.63) is 48.0 Å². The van der Waals surface area contributed by atoms with Gasteiger partial charge in [-0.05, 0) is 54.8 Å². The molecule has 0 saturated carbocycles. The summed E-state index contributed by atoms with van der Waals surface area (Å²) in [5.41, 5.74) is 0.942. The summed E-state index contributed by atoms with van der Waals surface area (Å²) in [6.45, 7) is 2.19. The van der Waals surface area contributed by atoms with Crippen LogP contribution in [0.3, 0.4) is 0 Å². The molecule has 2 aromatic rings. The van der Waals surface area contributed by atoms with Crippen LogP contribution >= 0.6 is 0 Å². The molecule has 27 heavy (non-hydrogen) atoms. The Balaban J connectivity index is 0.00000364. The molecule has 0 bridgehead atoms. The summed E-state index contributed by atoms with van der Waals surface area (Å²) in [6, 6.07) is 10.2. The van der Waals surface area contributed by atoms with Gasteiger partial charge in [0, 0.05) is 0 Å². The minimum atomic E-state index is -4.23. The van der Waals surface area contributed by atoms with Gasteiger partial charge in [-0.2, -0.15) is 8.42 Å². The van der Waals surface area contributed by atoms with Crippen molar-refractivity contribution in [2.75, 3.05) is 0 Å². The predicted molar refractivity (Wildman–Crippen MR) is 99.3 cm³/mol. The van der Waals surface area contributed by atoms with Crippen molar-refractivity contribution in [2.24, 2.45) is 0 Å². The van der Waals surface area contributed by atoms with E-state index in [0.717, 1.165) is 24.8 Å². The van der Waals surface area contributed by atoms with E-state index >= 15 is 0 Å². The van der Waals surface area contributed by atoms with Crippen LogP contribution in [-0.4, -0.2) is 13.0 Å². The average molecular weight is 400 g/mol. The van der Waals surface area contributed by atoms with Crippen molar-refractivity contribution in [1.82, 2.24) is 0 Å². The van der Waals surface area contributed by atoms with E-state index in [1.54, 1.807) is 6.07 Å². The molecule has 142 valence electrons. The maximum atomic E-state index is 11.9. The molecule has 0 aliphatic rings. The SMILES string of the molecule is CCCCCCCCc1cc([O-])cc(Oc2ccc(S(=O)(=O)O)cc2)c1.[Na+]. The van der Waals surface area contributed by atoms with Crippen LogP contribution in [0.25, 0.3) is 0 Å². The molecule has 5 nitrogen and oxygen atoms in total. The Hall–Kier alpha value is -1.05. The van der Waals surface area contributed by atoms with Crippen LogP contribution in [0.5, 0.6) is 17.2 Å². The Labute approximate surface area is 183 Å². The van der Waals surface area contributed by atoms with Gasteiger partial charge in [-0.3, -0.25) is 4.55 Å². The first-order chi connectivity index (χ1) is 12.4. The summed E-state index contributed by atoms with van der Waals surface area (Å²) in [4.78, 5) is -0.203. The molecule has 0 amide bonds. The van der Waals surface area contributed by atoms with Crippen molar-refractivity contribution in [1.29, 1.82) is 0 Å². The van der Waals surface area contributed by atoms with Crippen molar-refractivity contribution in [3.8, 4) is 17.2 Å². The maximum absolute atomic E-state index is 11.9. The molecule has 0 aromatic heterocycles. The van der Waals surface area contributed by atoms with Crippen molar-refractivity contribution in [3.63, 3.8) is 0 Å². The third-order valence-electron chi connectivity index (χ3n) is 4.12. The van der Waals surface area contributed by atoms with Crippen LogP contribution in [0.4, 0.5) is 0 Å². The molecular formula is C20H25NaO5S. The van der Waals surface area contributed by atoms with Gasteiger partial charge in [0.2, 0.25) is 0 Å². The molecule has 0 spiro atoms. The first-order valence-electron chi connectivity index (χ1n) is 8.95. The zero-order chi connectivity index (χ0) is 19.0. The van der Waals surface area contributed by atoms with E-state index in [1.807, 2.05) is 6.07 Å². The van der Waals surface area contributed by atoms with E-state index < -0.39 is 10.1 Å². The maximum Gasteiger partial charge on any atom is 1.00 e. The standard InChI is InChI=1S/C20H26O5S.Na/c1-2-3-4-5-6-7-8-16-13-17(21)15-19(14-16)25-18-9-11-20(12-10-18)26(22,23)24;/h9-15,21H,2-8H2,1H3,(H,22,23,24);/q;+1/p-1. The zero-order valence-corrected chi connectivity index (χ0v) is 18.8. The predicted octanol–water partition coefficient (Wildman–Crippen LogP) is 1.71. The fourth-order valence-corrected chi connectivity index (χ4v) is 3.24. The summed E-state index contributed by atoms with van der Waals surface area (Å²) in [7, 11) is -4.23. The fraction of sp³-hybridized carbons (Fsp3) is 0.400. The van der Waals surface area contributed by atoms with E-state index in [0.29, 0.717) is 11.5 Å². The minimum Gasteiger partial charge on any atom is -0.872 e. The fourth-order valence-electron chi connectivity index (χ4n) is 2.76. The number of aryl methyl sites for hydroxylation is 1. The van der Waals surface area contributed by atoms with Crippen LogP contribution in [-0.2, 0) is 16.5 Å². The van der Waals surface area contributed by atoms with E-state index in [1.165, 1.54) is 56.0 Å². The van der Waals surface area contributed by atoms with Gasteiger partial charge in [0.1, 0.15) is 11.5 Å². The molecule has 0 atom stereocenters. The summed E-state index contributed by atoms with van der Waals surface area (Å²) in [6.07, 6.45) is 7.99. The summed E-state index contributed by atoms with van der Waals surface area (Å²) >= 11 is 0. The number of rotatable bonds is 10. The van der Waals surface area contributed by atoms with E-state index in [2.05, 4.69) is 6.92 Å². The molecular weight excluding hydrogens is 375 g/mol. The Morgan fingerprint density at radius 1 is 0.926 bits per heavy atom. The summed E-state index contributed by atoms with van der Waals surface area (Å²) < 4.78 is 36.7. The van der Waals surface area contributed by atoms with Crippen molar-refractivity contribution >= 4 is 10.1 Å². The number of benzene rings is 2. The average Bonchev–Trinajstić information content (AvgIpc) is 2.57. The Morgan fingerprint density at radius 2 is 1.56 bits per heavy atom. The Kier molecular flexibility index (Phi) is 10.4. The van der Waals surface area contributed by atoms with E-state index in [-0.39, 0.29) is 40.2 Å². The van der Waals surface area contributed by atoms with Gasteiger partial charge < -0.3 is 9.84 Å². The van der Waals surface area contributed by atoms with Gasteiger partial charge in [-0.15, -0.1) is 5.75 Å². The molecule has 0 fully saturated rings. The molecule has 0 heterocycles. The molecule has 0 saturated heterocycles. The number of ether oxygens (including phenoxy) is 1. The van der Waals surface area contributed by atoms with Gasteiger partial charge in [0.05, 0.1) is 4.90 Å². The smallest absolute Gasteiger partial charge is 0.872 e. The second kappa shape index (κ2) is 11.7. The second-order valence-electron chi connectivity index (χ2n) is 6.38. The third kappa shape index (κ3) is 8.66. The minimum absolute atomic E-state index is 0. The van der Waals surface area contributed by atoms with Crippen LogP contribution < -0.4 is 39.4 Å². The molecule has 0 unspecified atom stereocenters. The topological polar surface area (TPSA) is 86.7 Å². The van der Waals surface area contributed by atoms with E-state index in [4.69, 9.17) is 9.29 Å². The van der Waals surface area contributed by atoms with Crippen molar-refractivity contribution in [2.45, 2.75) is 56.8 Å². The largest absolute Gasteiger partial charge is 1.00 e.